The van der Waals surface area contributed by atoms with Crippen LogP contribution in [0.3, 0.4) is 0 Å². The molecule has 0 aliphatic carbocycles. The van der Waals surface area contributed by atoms with Crippen LogP contribution in [-0.4, -0.2) is 18.7 Å². The van der Waals surface area contributed by atoms with Crippen LogP contribution in [0.4, 0.5) is 0 Å². The van der Waals surface area contributed by atoms with Crippen molar-refractivity contribution in [3.8, 4) is 0 Å². The Bertz CT molecular complexity index is 347. The van der Waals surface area contributed by atoms with Crippen molar-refractivity contribution in [2.75, 3.05) is 6.61 Å². The first-order chi connectivity index (χ1) is 7.81. The minimum atomic E-state index is -0.134. The first-order valence-corrected chi connectivity index (χ1v) is 5.67. The van der Waals surface area contributed by atoms with Gasteiger partial charge in [-0.2, -0.15) is 0 Å². The molecule has 1 heterocycles. The van der Waals surface area contributed by atoms with E-state index >= 15 is 0 Å². The van der Waals surface area contributed by atoms with Crippen molar-refractivity contribution >= 4 is 5.97 Å². The van der Waals surface area contributed by atoms with Crippen molar-refractivity contribution < 1.29 is 14.3 Å². The highest BCUT2D eigenvalue weighted by Crippen LogP contribution is 2.41. The molecular weight excluding hydrogens is 204 g/mol. The number of carbonyl (C=O) groups excluding carboxylic acids is 1. The van der Waals surface area contributed by atoms with Crippen molar-refractivity contribution in [3.63, 3.8) is 0 Å². The number of hydrogen-bond acceptors (Lipinski definition) is 3. The Morgan fingerprint density at radius 2 is 2.12 bits per heavy atom. The SMILES string of the molecule is CCOC(=O)CCC1OC1c1ccccc1. The van der Waals surface area contributed by atoms with Crippen LogP contribution in [0, 0.1) is 0 Å². The fourth-order valence-electron chi connectivity index (χ4n) is 1.79. The molecule has 0 spiro atoms. The summed E-state index contributed by atoms with van der Waals surface area (Å²) in [6.07, 6.45) is 1.56. The van der Waals surface area contributed by atoms with E-state index < -0.39 is 0 Å². The zero-order valence-corrected chi connectivity index (χ0v) is 9.39. The van der Waals surface area contributed by atoms with Gasteiger partial charge in [0.15, 0.2) is 0 Å². The standard InChI is InChI=1S/C13H16O3/c1-2-15-12(14)9-8-11-13(16-11)10-6-4-3-5-7-10/h3-7,11,13H,2,8-9H2,1H3. The fourth-order valence-corrected chi connectivity index (χ4v) is 1.79. The second-order valence-corrected chi connectivity index (χ2v) is 3.85. The molecule has 3 heteroatoms. The van der Waals surface area contributed by atoms with Gasteiger partial charge in [-0.15, -0.1) is 0 Å². The quantitative estimate of drug-likeness (QED) is 0.565. The average Bonchev–Trinajstić information content (AvgIpc) is 3.07. The Balaban J connectivity index is 1.74. The molecule has 0 amide bonds. The minimum absolute atomic E-state index is 0.134. The molecule has 0 aromatic heterocycles. The second-order valence-electron chi connectivity index (χ2n) is 3.85. The summed E-state index contributed by atoms with van der Waals surface area (Å²) < 4.78 is 10.4. The molecule has 1 aliphatic rings. The highest BCUT2D eigenvalue weighted by molar-refractivity contribution is 5.69. The maximum absolute atomic E-state index is 11.1. The van der Waals surface area contributed by atoms with Crippen LogP contribution in [-0.2, 0) is 14.3 Å². The molecule has 0 radical (unpaired) electrons. The highest BCUT2D eigenvalue weighted by atomic mass is 16.6. The van der Waals surface area contributed by atoms with Crippen LogP contribution in [0.15, 0.2) is 30.3 Å². The van der Waals surface area contributed by atoms with Crippen molar-refractivity contribution in [1.29, 1.82) is 0 Å². The third-order valence-corrected chi connectivity index (χ3v) is 2.65. The maximum atomic E-state index is 11.1. The van der Waals surface area contributed by atoms with Gasteiger partial charge in [0.1, 0.15) is 6.10 Å². The van der Waals surface area contributed by atoms with Crippen LogP contribution in [0.2, 0.25) is 0 Å². The molecule has 0 N–H and O–H groups in total. The normalized spacial score (nSPS) is 22.8. The predicted octanol–water partition coefficient (Wildman–Crippen LogP) is 2.47. The Labute approximate surface area is 95.4 Å². The van der Waals surface area contributed by atoms with E-state index in [2.05, 4.69) is 12.1 Å². The van der Waals surface area contributed by atoms with Crippen molar-refractivity contribution in [3.05, 3.63) is 35.9 Å². The lowest BCUT2D eigenvalue weighted by molar-refractivity contribution is -0.143. The van der Waals surface area contributed by atoms with Gasteiger partial charge in [-0.1, -0.05) is 30.3 Å². The second kappa shape index (κ2) is 5.12. The van der Waals surface area contributed by atoms with E-state index in [0.29, 0.717) is 13.0 Å². The summed E-state index contributed by atoms with van der Waals surface area (Å²) in [7, 11) is 0. The van der Waals surface area contributed by atoms with Crippen LogP contribution in [0.1, 0.15) is 31.4 Å². The zero-order chi connectivity index (χ0) is 11.4. The molecule has 86 valence electrons. The van der Waals surface area contributed by atoms with Crippen molar-refractivity contribution in [2.45, 2.75) is 32.0 Å². The largest absolute Gasteiger partial charge is 0.466 e. The van der Waals surface area contributed by atoms with E-state index in [-0.39, 0.29) is 18.2 Å². The molecule has 2 rings (SSSR count). The van der Waals surface area contributed by atoms with Gasteiger partial charge in [0.05, 0.1) is 12.7 Å². The van der Waals surface area contributed by atoms with Gasteiger partial charge in [-0.05, 0) is 18.9 Å². The molecular formula is C13H16O3. The van der Waals surface area contributed by atoms with E-state index in [9.17, 15) is 4.79 Å². The molecule has 1 fully saturated rings. The smallest absolute Gasteiger partial charge is 0.305 e. The van der Waals surface area contributed by atoms with Crippen LogP contribution < -0.4 is 0 Å². The summed E-state index contributed by atoms with van der Waals surface area (Å²) >= 11 is 0. The fraction of sp³-hybridized carbons (Fsp3) is 0.462. The number of rotatable bonds is 5. The first-order valence-electron chi connectivity index (χ1n) is 5.67. The van der Waals surface area contributed by atoms with Crippen LogP contribution >= 0.6 is 0 Å². The number of ether oxygens (including phenoxy) is 2. The van der Waals surface area contributed by atoms with Crippen molar-refractivity contribution in [2.24, 2.45) is 0 Å². The van der Waals surface area contributed by atoms with Gasteiger partial charge in [-0.25, -0.2) is 0 Å². The molecule has 2 atom stereocenters. The first kappa shape index (κ1) is 11.1. The molecule has 3 nitrogen and oxygen atoms in total. The Morgan fingerprint density at radius 3 is 2.81 bits per heavy atom. The molecule has 0 saturated carbocycles. The predicted molar refractivity (Wildman–Crippen MR) is 59.9 cm³/mol. The Kier molecular flexibility index (Phi) is 3.57. The maximum Gasteiger partial charge on any atom is 0.305 e. The summed E-state index contributed by atoms with van der Waals surface area (Å²) in [5, 5.41) is 0. The molecule has 0 bridgehead atoms. The lowest BCUT2D eigenvalue weighted by atomic mass is 10.1. The summed E-state index contributed by atoms with van der Waals surface area (Å²) in [6.45, 7) is 2.27. The van der Waals surface area contributed by atoms with Crippen LogP contribution in [0.25, 0.3) is 0 Å². The van der Waals surface area contributed by atoms with Crippen molar-refractivity contribution in [1.82, 2.24) is 0 Å². The van der Waals surface area contributed by atoms with Crippen LogP contribution in [0.5, 0.6) is 0 Å². The summed E-state index contributed by atoms with van der Waals surface area (Å²) in [6, 6.07) is 10.1. The monoisotopic (exact) mass is 220 g/mol. The number of hydrogen-bond donors (Lipinski definition) is 0. The highest BCUT2D eigenvalue weighted by Gasteiger charge is 2.39. The number of esters is 1. The summed E-state index contributed by atoms with van der Waals surface area (Å²) in [5.74, 6) is -0.134. The Hall–Kier alpha value is -1.35. The lowest BCUT2D eigenvalue weighted by Crippen LogP contribution is -2.05. The van der Waals surface area contributed by atoms with E-state index in [1.54, 1.807) is 0 Å². The van der Waals surface area contributed by atoms with E-state index in [1.165, 1.54) is 5.56 Å². The average molecular weight is 220 g/mol. The molecule has 1 aromatic carbocycles. The third-order valence-electron chi connectivity index (χ3n) is 2.65. The lowest BCUT2D eigenvalue weighted by Gasteiger charge is -1.99. The van der Waals surface area contributed by atoms with E-state index in [0.717, 1.165) is 6.42 Å². The summed E-state index contributed by atoms with van der Waals surface area (Å²) in [4.78, 5) is 11.1. The third kappa shape index (κ3) is 2.83. The molecule has 1 aromatic rings. The molecule has 1 saturated heterocycles. The van der Waals surface area contributed by atoms with Gasteiger partial charge < -0.3 is 9.47 Å². The van der Waals surface area contributed by atoms with E-state index in [1.807, 2.05) is 25.1 Å². The minimum Gasteiger partial charge on any atom is -0.466 e. The van der Waals surface area contributed by atoms with Gasteiger partial charge in [-0.3, -0.25) is 4.79 Å². The van der Waals surface area contributed by atoms with E-state index in [4.69, 9.17) is 9.47 Å². The number of epoxide rings is 1. The number of carbonyl (C=O) groups is 1. The topological polar surface area (TPSA) is 38.8 Å². The van der Waals surface area contributed by atoms with Gasteiger partial charge in [0.25, 0.3) is 0 Å². The molecule has 2 unspecified atom stereocenters. The summed E-state index contributed by atoms with van der Waals surface area (Å²) in [5.41, 5.74) is 1.19. The van der Waals surface area contributed by atoms with Gasteiger partial charge in [0, 0.05) is 6.42 Å². The Morgan fingerprint density at radius 1 is 1.38 bits per heavy atom. The number of benzene rings is 1. The van der Waals surface area contributed by atoms with Gasteiger partial charge >= 0.3 is 5.97 Å². The molecule has 1 aliphatic heterocycles. The van der Waals surface area contributed by atoms with Gasteiger partial charge in [0.2, 0.25) is 0 Å². The molecule has 16 heavy (non-hydrogen) atoms. The zero-order valence-electron chi connectivity index (χ0n) is 9.39.